The van der Waals surface area contributed by atoms with Crippen LogP contribution in [-0.4, -0.2) is 47.1 Å². The van der Waals surface area contributed by atoms with E-state index in [1.165, 1.54) is 16.8 Å². The van der Waals surface area contributed by atoms with Crippen molar-refractivity contribution >= 4 is 22.8 Å². The molecule has 4 rings (SSSR count). The third-order valence-electron chi connectivity index (χ3n) is 4.59. The number of nitrogens with zero attached hydrogens (tertiary/aromatic N) is 4. The second-order valence-corrected chi connectivity index (χ2v) is 6.49. The number of aromatic nitrogens is 4. The molecule has 0 unspecified atom stereocenters. The summed E-state index contributed by atoms with van der Waals surface area (Å²) in [5, 5.41) is 8.27. The Labute approximate surface area is 172 Å². The molecule has 154 valence electrons. The van der Waals surface area contributed by atoms with Crippen LogP contribution in [0.3, 0.4) is 0 Å². The maximum Gasteiger partial charge on any atom is 0.225 e. The molecule has 0 saturated carbocycles. The molecule has 0 saturated heterocycles. The van der Waals surface area contributed by atoms with Crippen molar-refractivity contribution in [1.29, 1.82) is 0 Å². The van der Waals surface area contributed by atoms with Gasteiger partial charge in [0.2, 0.25) is 5.95 Å². The molecule has 0 spiro atoms. The van der Waals surface area contributed by atoms with Gasteiger partial charge in [0.1, 0.15) is 17.4 Å². The lowest BCUT2D eigenvalue weighted by atomic mass is 10.1. The molecule has 0 aliphatic carbocycles. The summed E-state index contributed by atoms with van der Waals surface area (Å²) in [6.07, 6.45) is 0. The minimum Gasteiger partial charge on any atom is -0.496 e. The Morgan fingerprint density at radius 1 is 1.07 bits per heavy atom. The summed E-state index contributed by atoms with van der Waals surface area (Å²) in [7, 11) is 3.22. The van der Waals surface area contributed by atoms with Gasteiger partial charge >= 0.3 is 0 Å². The number of rotatable bonds is 7. The largest absolute Gasteiger partial charge is 0.496 e. The van der Waals surface area contributed by atoms with E-state index in [4.69, 9.17) is 15.2 Å². The summed E-state index contributed by atoms with van der Waals surface area (Å²) < 4.78 is 25.5. The molecule has 4 aromatic rings. The van der Waals surface area contributed by atoms with Gasteiger partial charge in [0.15, 0.2) is 5.65 Å². The van der Waals surface area contributed by atoms with Gasteiger partial charge in [-0.1, -0.05) is 12.1 Å². The normalized spacial score (nSPS) is 11.0. The molecule has 0 aliphatic rings. The maximum atomic E-state index is 13.4. The third-order valence-corrected chi connectivity index (χ3v) is 4.59. The van der Waals surface area contributed by atoms with Crippen molar-refractivity contribution in [3.8, 4) is 22.7 Å². The van der Waals surface area contributed by atoms with Crippen LogP contribution in [0.15, 0.2) is 48.5 Å². The number of hydrogen-bond donors (Lipinski definition) is 2. The van der Waals surface area contributed by atoms with E-state index in [1.807, 2.05) is 24.3 Å². The molecule has 30 heavy (non-hydrogen) atoms. The van der Waals surface area contributed by atoms with Crippen LogP contribution in [0.5, 0.6) is 5.75 Å². The van der Waals surface area contributed by atoms with Gasteiger partial charge in [-0.3, -0.25) is 0 Å². The highest BCUT2D eigenvalue weighted by Gasteiger charge is 2.21. The van der Waals surface area contributed by atoms with Gasteiger partial charge in [0.05, 0.1) is 30.5 Å². The quantitative estimate of drug-likeness (QED) is 0.453. The second kappa shape index (κ2) is 8.34. The van der Waals surface area contributed by atoms with E-state index in [-0.39, 0.29) is 5.82 Å². The van der Waals surface area contributed by atoms with Gasteiger partial charge in [0.25, 0.3) is 0 Å². The number of fused-ring (bicyclic) bond motifs is 1. The topological polar surface area (TPSA) is 100 Å². The van der Waals surface area contributed by atoms with Crippen molar-refractivity contribution in [3.63, 3.8) is 0 Å². The van der Waals surface area contributed by atoms with E-state index in [0.29, 0.717) is 53.1 Å². The first-order valence-corrected chi connectivity index (χ1v) is 9.30. The third kappa shape index (κ3) is 3.62. The maximum absolute atomic E-state index is 13.4. The lowest BCUT2D eigenvalue weighted by Crippen LogP contribution is -2.11. The predicted octanol–water partition coefficient (Wildman–Crippen LogP) is 3.27. The number of nitrogens with one attached hydrogen (secondary N) is 1. The molecule has 9 heteroatoms. The summed E-state index contributed by atoms with van der Waals surface area (Å²) in [4.78, 5) is 9.19. The number of ether oxygens (including phenoxy) is 2. The summed E-state index contributed by atoms with van der Waals surface area (Å²) in [6, 6.07) is 13.4. The van der Waals surface area contributed by atoms with Crippen molar-refractivity contribution in [2.75, 3.05) is 38.4 Å². The highest BCUT2D eigenvalue weighted by Crippen LogP contribution is 2.37. The fraction of sp³-hybridized carbons (Fsp3) is 0.190. The van der Waals surface area contributed by atoms with Crippen molar-refractivity contribution < 1.29 is 13.9 Å². The van der Waals surface area contributed by atoms with Gasteiger partial charge in [0, 0.05) is 19.2 Å². The Hall–Kier alpha value is -3.72. The van der Waals surface area contributed by atoms with E-state index >= 15 is 0 Å². The molecule has 0 atom stereocenters. The minimum atomic E-state index is -0.340. The van der Waals surface area contributed by atoms with Gasteiger partial charge < -0.3 is 20.5 Å². The van der Waals surface area contributed by atoms with Crippen molar-refractivity contribution in [2.45, 2.75) is 0 Å². The van der Waals surface area contributed by atoms with Gasteiger partial charge in [-0.05, 0) is 36.4 Å². The number of para-hydroxylation sites is 1. The molecule has 0 fully saturated rings. The van der Waals surface area contributed by atoms with E-state index in [1.54, 1.807) is 26.4 Å². The average Bonchev–Trinajstić information content (AvgIpc) is 3.10. The summed E-state index contributed by atoms with van der Waals surface area (Å²) >= 11 is 0. The smallest absolute Gasteiger partial charge is 0.225 e. The number of nitrogen functional groups attached to an aromatic ring is 1. The molecule has 3 N–H and O–H groups in total. The molecule has 0 aliphatic heterocycles. The Kier molecular flexibility index (Phi) is 5.44. The first kappa shape index (κ1) is 19.6. The summed E-state index contributed by atoms with van der Waals surface area (Å²) in [6.45, 7) is 1.03. The zero-order valence-electron chi connectivity index (χ0n) is 16.6. The van der Waals surface area contributed by atoms with Crippen molar-refractivity contribution in [1.82, 2.24) is 19.7 Å². The lowest BCUT2D eigenvalue weighted by molar-refractivity contribution is 0.210. The standard InChI is InChI=1S/C21H21FN6O2/c1-29-12-11-24-21-25-18(15-5-3-4-6-16(15)30-2)17-19(23)28(27-20(17)26-21)14-9-7-13(22)8-10-14/h3-10H,11-12,23H2,1-2H3,(H,24,26,27). The number of methoxy groups -OCH3 is 2. The lowest BCUT2D eigenvalue weighted by Gasteiger charge is -2.11. The molecule has 0 radical (unpaired) electrons. The van der Waals surface area contributed by atoms with Crippen LogP contribution in [0.1, 0.15) is 0 Å². The molecular weight excluding hydrogens is 387 g/mol. The zero-order valence-corrected chi connectivity index (χ0v) is 16.6. The van der Waals surface area contributed by atoms with E-state index < -0.39 is 0 Å². The number of benzene rings is 2. The van der Waals surface area contributed by atoms with Crippen LogP contribution >= 0.6 is 0 Å². The molecule has 8 nitrogen and oxygen atoms in total. The Balaban J connectivity index is 1.93. The first-order chi connectivity index (χ1) is 14.6. The monoisotopic (exact) mass is 408 g/mol. The first-order valence-electron chi connectivity index (χ1n) is 9.30. The van der Waals surface area contributed by atoms with Crippen LogP contribution in [0.2, 0.25) is 0 Å². The molecule has 2 heterocycles. The summed E-state index contributed by atoms with van der Waals surface area (Å²) in [5.41, 5.74) is 8.83. The van der Waals surface area contributed by atoms with Crippen LogP contribution in [0, 0.1) is 5.82 Å². The van der Waals surface area contributed by atoms with E-state index in [9.17, 15) is 4.39 Å². The van der Waals surface area contributed by atoms with Gasteiger partial charge in [-0.2, -0.15) is 4.98 Å². The SMILES string of the molecule is COCCNc1nc(-c2ccccc2OC)c2c(N)n(-c3ccc(F)cc3)nc2n1. The molecule has 2 aromatic heterocycles. The van der Waals surface area contributed by atoms with E-state index in [2.05, 4.69) is 20.4 Å². The highest BCUT2D eigenvalue weighted by atomic mass is 19.1. The Bertz CT molecular complexity index is 1180. The number of nitrogens with two attached hydrogens (primary N) is 1. The number of halogens is 1. The molecule has 0 amide bonds. The fourth-order valence-corrected chi connectivity index (χ4v) is 3.17. The highest BCUT2D eigenvalue weighted by molar-refractivity contribution is 6.00. The van der Waals surface area contributed by atoms with Gasteiger partial charge in [-0.25, -0.2) is 14.1 Å². The summed E-state index contributed by atoms with van der Waals surface area (Å²) in [5.74, 6) is 1.05. The number of anilines is 2. The zero-order chi connectivity index (χ0) is 21.1. The van der Waals surface area contributed by atoms with Crippen LogP contribution in [0.4, 0.5) is 16.2 Å². The Morgan fingerprint density at radius 3 is 2.57 bits per heavy atom. The average molecular weight is 408 g/mol. The predicted molar refractivity (Wildman–Crippen MR) is 113 cm³/mol. The van der Waals surface area contributed by atoms with Crippen molar-refractivity contribution in [2.24, 2.45) is 0 Å². The van der Waals surface area contributed by atoms with E-state index in [0.717, 1.165) is 5.56 Å². The molecule has 0 bridgehead atoms. The minimum absolute atomic E-state index is 0.340. The Morgan fingerprint density at radius 2 is 1.83 bits per heavy atom. The number of hydrogen-bond acceptors (Lipinski definition) is 7. The second-order valence-electron chi connectivity index (χ2n) is 6.49. The van der Waals surface area contributed by atoms with Crippen LogP contribution in [-0.2, 0) is 4.74 Å². The van der Waals surface area contributed by atoms with Crippen LogP contribution in [0.25, 0.3) is 28.0 Å². The van der Waals surface area contributed by atoms with Crippen LogP contribution < -0.4 is 15.8 Å². The van der Waals surface area contributed by atoms with Crippen molar-refractivity contribution in [3.05, 3.63) is 54.3 Å². The fourth-order valence-electron chi connectivity index (χ4n) is 3.17. The molecule has 2 aromatic carbocycles. The van der Waals surface area contributed by atoms with Gasteiger partial charge in [-0.15, -0.1) is 5.10 Å². The molecular formula is C21H21FN6O2.